The van der Waals surface area contributed by atoms with Crippen molar-refractivity contribution in [1.29, 1.82) is 0 Å². The quantitative estimate of drug-likeness (QED) is 0.555. The van der Waals surface area contributed by atoms with Gasteiger partial charge in [-0.1, -0.05) is 6.07 Å². The zero-order chi connectivity index (χ0) is 6.85. The maximum Gasteiger partial charge on any atom is 0.159 e. The molecule has 0 aromatic heterocycles. The van der Waals surface area contributed by atoms with Crippen LogP contribution in [0.4, 0.5) is 8.78 Å². The molecule has 0 amide bonds. The second-order valence-corrected chi connectivity index (χ2v) is 1.92. The average Bonchev–Trinajstić information content (AvgIpc) is 1.80. The molecule has 0 unspecified atom stereocenters. The Kier molecular flexibility index (Phi) is 3.66. The van der Waals surface area contributed by atoms with Crippen LogP contribution in [0, 0.1) is 18.6 Å². The summed E-state index contributed by atoms with van der Waals surface area (Å²) in [6.45, 7) is 1.71. The summed E-state index contributed by atoms with van der Waals surface area (Å²) in [7, 11) is 0. The first-order valence-electron chi connectivity index (χ1n) is 2.62. The average molecular weight is 194 g/mol. The van der Waals surface area contributed by atoms with E-state index in [2.05, 4.69) is 0 Å². The van der Waals surface area contributed by atoms with Gasteiger partial charge in [-0.2, -0.15) is 0 Å². The van der Waals surface area contributed by atoms with Crippen LogP contribution in [0.3, 0.4) is 0 Å². The van der Waals surface area contributed by atoms with E-state index >= 15 is 0 Å². The van der Waals surface area contributed by atoms with Crippen molar-refractivity contribution >= 4 is 0 Å². The first-order valence-corrected chi connectivity index (χ1v) is 2.62. The van der Waals surface area contributed by atoms with E-state index < -0.39 is 11.6 Å². The first kappa shape index (κ1) is 9.70. The van der Waals surface area contributed by atoms with Crippen molar-refractivity contribution in [2.45, 2.75) is 6.92 Å². The molecule has 0 saturated carbocycles. The van der Waals surface area contributed by atoms with Crippen LogP contribution in [0.2, 0.25) is 0 Å². The summed E-state index contributed by atoms with van der Waals surface area (Å²) in [4.78, 5) is 0. The largest absolute Gasteiger partial charge is 0.204 e. The summed E-state index contributed by atoms with van der Waals surface area (Å²) in [6, 6.07) is 3.80. The Morgan fingerprint density at radius 1 is 1.10 bits per heavy atom. The molecule has 10 heavy (non-hydrogen) atoms. The van der Waals surface area contributed by atoms with Crippen LogP contribution < -0.4 is 0 Å². The standard InChI is InChI=1S/C7H6F2.Zn/c1-5-2-3-6(8)7(9)4-5;/h2-4H,1H3;. The SMILES string of the molecule is Cc1ccc(F)c(F)c1.[Zn]. The Balaban J connectivity index is 0.000000810. The number of aryl methyl sites for hydroxylation is 1. The third-order valence-electron chi connectivity index (χ3n) is 1.08. The predicted octanol–water partition coefficient (Wildman–Crippen LogP) is 2.27. The van der Waals surface area contributed by atoms with Crippen molar-refractivity contribution in [3.63, 3.8) is 0 Å². The van der Waals surface area contributed by atoms with Gasteiger partial charge >= 0.3 is 0 Å². The molecule has 0 bridgehead atoms. The van der Waals surface area contributed by atoms with E-state index in [-0.39, 0.29) is 19.5 Å². The summed E-state index contributed by atoms with van der Waals surface area (Å²) in [5.41, 5.74) is 0.730. The summed E-state index contributed by atoms with van der Waals surface area (Å²) in [5.74, 6) is -1.57. The van der Waals surface area contributed by atoms with Gasteiger partial charge in [-0.15, -0.1) is 0 Å². The Morgan fingerprint density at radius 3 is 2.10 bits per heavy atom. The van der Waals surface area contributed by atoms with Crippen molar-refractivity contribution in [2.75, 3.05) is 0 Å². The van der Waals surface area contributed by atoms with Crippen LogP contribution in [0.5, 0.6) is 0 Å². The molecule has 0 radical (unpaired) electrons. The molecule has 0 saturated heterocycles. The number of halogens is 2. The van der Waals surface area contributed by atoms with E-state index in [9.17, 15) is 8.78 Å². The van der Waals surface area contributed by atoms with Crippen molar-refractivity contribution in [1.82, 2.24) is 0 Å². The van der Waals surface area contributed by atoms with Crippen LogP contribution in [-0.4, -0.2) is 0 Å². The fourth-order valence-corrected chi connectivity index (χ4v) is 0.601. The van der Waals surface area contributed by atoms with Crippen molar-refractivity contribution < 1.29 is 28.3 Å². The molecule has 0 aliphatic rings. The molecule has 0 aliphatic carbocycles. The number of rotatable bonds is 0. The predicted molar refractivity (Wildman–Crippen MR) is 31.1 cm³/mol. The number of hydrogen-bond acceptors (Lipinski definition) is 0. The van der Waals surface area contributed by atoms with Gasteiger partial charge < -0.3 is 0 Å². The molecule has 50 valence electrons. The smallest absolute Gasteiger partial charge is 0.159 e. The van der Waals surface area contributed by atoms with Gasteiger partial charge in [-0.3, -0.25) is 0 Å². The molecular weight excluding hydrogens is 187 g/mol. The second kappa shape index (κ2) is 3.77. The Hall–Kier alpha value is -0.297. The van der Waals surface area contributed by atoms with E-state index in [0.29, 0.717) is 0 Å². The van der Waals surface area contributed by atoms with Gasteiger partial charge in [-0.05, 0) is 24.6 Å². The number of benzene rings is 1. The van der Waals surface area contributed by atoms with Gasteiger partial charge in [0.05, 0.1) is 0 Å². The van der Waals surface area contributed by atoms with Crippen molar-refractivity contribution in [3.05, 3.63) is 35.4 Å². The molecule has 0 aliphatic heterocycles. The Morgan fingerprint density at radius 2 is 1.70 bits per heavy atom. The van der Waals surface area contributed by atoms with Crippen LogP contribution >= 0.6 is 0 Å². The molecule has 0 nitrogen and oxygen atoms in total. The topological polar surface area (TPSA) is 0 Å². The molecule has 0 fully saturated rings. The normalized spacial score (nSPS) is 8.70. The van der Waals surface area contributed by atoms with Crippen LogP contribution in [-0.2, 0) is 19.5 Å². The van der Waals surface area contributed by atoms with Gasteiger partial charge in [0.15, 0.2) is 11.6 Å². The molecule has 0 N–H and O–H groups in total. The van der Waals surface area contributed by atoms with Crippen LogP contribution in [0.1, 0.15) is 5.56 Å². The van der Waals surface area contributed by atoms with E-state index in [1.165, 1.54) is 6.07 Å². The molecule has 0 atom stereocenters. The van der Waals surface area contributed by atoms with E-state index in [1.807, 2.05) is 0 Å². The fraction of sp³-hybridized carbons (Fsp3) is 0.143. The summed E-state index contributed by atoms with van der Waals surface area (Å²) < 4.78 is 24.3. The van der Waals surface area contributed by atoms with Gasteiger partial charge in [0.25, 0.3) is 0 Å². The molecule has 0 spiro atoms. The van der Waals surface area contributed by atoms with Gasteiger partial charge in [0.1, 0.15) is 0 Å². The Labute approximate surface area is 71.0 Å². The van der Waals surface area contributed by atoms with E-state index in [0.717, 1.165) is 17.7 Å². The van der Waals surface area contributed by atoms with E-state index in [4.69, 9.17) is 0 Å². The van der Waals surface area contributed by atoms with Gasteiger partial charge in [-0.25, -0.2) is 8.78 Å². The zero-order valence-corrected chi connectivity index (χ0v) is 8.66. The Bertz CT molecular complexity index is 223. The fourth-order valence-electron chi connectivity index (χ4n) is 0.601. The van der Waals surface area contributed by atoms with Gasteiger partial charge in [0, 0.05) is 19.5 Å². The van der Waals surface area contributed by atoms with Crippen LogP contribution in [0.15, 0.2) is 18.2 Å². The maximum atomic E-state index is 12.2. The van der Waals surface area contributed by atoms with E-state index in [1.54, 1.807) is 6.92 Å². The summed E-state index contributed by atoms with van der Waals surface area (Å²) in [6.07, 6.45) is 0. The third-order valence-corrected chi connectivity index (χ3v) is 1.08. The molecule has 0 heterocycles. The van der Waals surface area contributed by atoms with Gasteiger partial charge in [0.2, 0.25) is 0 Å². The third kappa shape index (κ3) is 2.15. The summed E-state index contributed by atoms with van der Waals surface area (Å²) in [5, 5.41) is 0. The van der Waals surface area contributed by atoms with Crippen molar-refractivity contribution in [3.8, 4) is 0 Å². The second-order valence-electron chi connectivity index (χ2n) is 1.92. The molecule has 1 aromatic carbocycles. The monoisotopic (exact) mass is 192 g/mol. The summed E-state index contributed by atoms with van der Waals surface area (Å²) >= 11 is 0. The maximum absolute atomic E-state index is 12.2. The minimum atomic E-state index is -0.791. The molecule has 1 rings (SSSR count). The van der Waals surface area contributed by atoms with Crippen LogP contribution in [0.25, 0.3) is 0 Å². The van der Waals surface area contributed by atoms with Crippen molar-refractivity contribution in [2.24, 2.45) is 0 Å². The minimum Gasteiger partial charge on any atom is -0.204 e. The zero-order valence-electron chi connectivity index (χ0n) is 5.70. The number of hydrogen-bond donors (Lipinski definition) is 0. The molecule has 3 heteroatoms. The molecule has 1 aromatic rings. The minimum absolute atomic E-state index is 0. The first-order chi connectivity index (χ1) is 4.20. The molecular formula is C7H6F2Zn.